The van der Waals surface area contributed by atoms with Crippen LogP contribution >= 0.6 is 24.8 Å². The summed E-state index contributed by atoms with van der Waals surface area (Å²) in [6.45, 7) is 10.0. The molecule has 2 aromatic heterocycles. The van der Waals surface area contributed by atoms with Crippen molar-refractivity contribution in [3.05, 3.63) is 23.0 Å². The lowest BCUT2D eigenvalue weighted by Gasteiger charge is -2.20. The average molecular weight is 440 g/mol. The molecule has 0 bridgehead atoms. The lowest BCUT2D eigenvalue weighted by atomic mass is 10.0. The first kappa shape index (κ1) is 26.5. The summed E-state index contributed by atoms with van der Waals surface area (Å²) in [5.41, 5.74) is 6.92. The van der Waals surface area contributed by atoms with Gasteiger partial charge in [-0.25, -0.2) is 18.4 Å². The fourth-order valence-corrected chi connectivity index (χ4v) is 2.63. The number of nitrogens with two attached hydrogens (primary N) is 1. The van der Waals surface area contributed by atoms with E-state index in [9.17, 15) is 13.6 Å². The van der Waals surface area contributed by atoms with Gasteiger partial charge in [0.1, 0.15) is 0 Å². The number of amides is 1. The number of carbonyl (C=O) groups excluding carboxylic acids is 1. The van der Waals surface area contributed by atoms with Crippen molar-refractivity contribution in [2.45, 2.75) is 58.9 Å². The molecule has 0 saturated carbocycles. The molecule has 0 aliphatic heterocycles. The van der Waals surface area contributed by atoms with E-state index in [0.29, 0.717) is 28.0 Å². The molecule has 0 radical (unpaired) electrons. The molecular formula is C18H29Cl2F2N5O. The van der Waals surface area contributed by atoms with Gasteiger partial charge in [-0.15, -0.1) is 24.8 Å². The van der Waals surface area contributed by atoms with Gasteiger partial charge in [-0.3, -0.25) is 4.79 Å². The molecule has 2 heterocycles. The topological polar surface area (TPSA) is 85.8 Å². The van der Waals surface area contributed by atoms with Crippen LogP contribution in [0, 0.1) is 6.92 Å². The number of nitrogens with zero attached hydrogens (tertiary/aromatic N) is 3. The second-order valence-electron chi connectivity index (χ2n) is 7.86. The van der Waals surface area contributed by atoms with Crippen molar-refractivity contribution in [1.82, 2.24) is 20.1 Å². The minimum atomic E-state index is -3.15. The first-order valence-corrected chi connectivity index (χ1v) is 8.64. The van der Waals surface area contributed by atoms with Crippen LogP contribution < -0.4 is 11.1 Å². The lowest BCUT2D eigenvalue weighted by Crippen LogP contribution is -2.41. The Morgan fingerprint density at radius 3 is 2.32 bits per heavy atom. The maximum atomic E-state index is 13.4. The van der Waals surface area contributed by atoms with Gasteiger partial charge < -0.3 is 11.1 Å². The molecule has 0 fully saturated rings. The van der Waals surface area contributed by atoms with E-state index in [-0.39, 0.29) is 36.3 Å². The van der Waals surface area contributed by atoms with Crippen LogP contribution in [0.1, 0.15) is 62.3 Å². The molecule has 28 heavy (non-hydrogen) atoms. The number of nitrogens with one attached hydrogen (secondary N) is 1. The van der Waals surface area contributed by atoms with E-state index >= 15 is 0 Å². The third-order valence-electron chi connectivity index (χ3n) is 4.11. The summed E-state index contributed by atoms with van der Waals surface area (Å²) in [5.74, 6) is -3.66. The van der Waals surface area contributed by atoms with E-state index in [1.807, 2.05) is 34.6 Å². The molecule has 0 saturated heterocycles. The highest BCUT2D eigenvalue weighted by molar-refractivity contribution is 6.06. The van der Waals surface area contributed by atoms with Crippen molar-refractivity contribution in [3.63, 3.8) is 0 Å². The number of halogens is 4. The molecule has 2 rings (SSSR count). The quantitative estimate of drug-likeness (QED) is 0.741. The standard InChI is InChI=1S/C18H27F2N5O.2ClH/c1-10(2)13-7-12(16(26)22-9-18(19,20)8-21)14-11(3)24-25(15(14)23-13)17(4,5)6;;/h7,10H,8-9,21H2,1-6H3,(H,22,26);2*1H. The third kappa shape index (κ3) is 5.52. The van der Waals surface area contributed by atoms with Gasteiger partial charge in [0, 0.05) is 5.69 Å². The van der Waals surface area contributed by atoms with Gasteiger partial charge in [-0.1, -0.05) is 13.8 Å². The van der Waals surface area contributed by atoms with E-state index in [0.717, 1.165) is 0 Å². The van der Waals surface area contributed by atoms with Crippen LogP contribution in [-0.4, -0.2) is 39.7 Å². The van der Waals surface area contributed by atoms with Crippen molar-refractivity contribution in [3.8, 4) is 0 Å². The molecule has 3 N–H and O–H groups in total. The average Bonchev–Trinajstić information content (AvgIpc) is 2.89. The molecule has 2 aromatic rings. The van der Waals surface area contributed by atoms with Crippen LogP contribution in [-0.2, 0) is 5.54 Å². The molecule has 6 nitrogen and oxygen atoms in total. The summed E-state index contributed by atoms with van der Waals surface area (Å²) < 4.78 is 28.6. The molecule has 0 atom stereocenters. The maximum Gasteiger partial charge on any atom is 0.277 e. The van der Waals surface area contributed by atoms with Crippen LogP contribution in [0.3, 0.4) is 0 Å². The van der Waals surface area contributed by atoms with Gasteiger partial charge in [0.25, 0.3) is 11.8 Å². The third-order valence-corrected chi connectivity index (χ3v) is 4.11. The Hall–Kier alpha value is -1.51. The summed E-state index contributed by atoms with van der Waals surface area (Å²) in [5, 5.41) is 7.41. The lowest BCUT2D eigenvalue weighted by molar-refractivity contribution is 0.0119. The predicted octanol–water partition coefficient (Wildman–Crippen LogP) is 3.79. The summed E-state index contributed by atoms with van der Waals surface area (Å²) in [6.07, 6.45) is 0. The molecular weight excluding hydrogens is 411 g/mol. The smallest absolute Gasteiger partial charge is 0.277 e. The Bertz CT molecular complexity index is 831. The van der Waals surface area contributed by atoms with Crippen LogP contribution in [0.15, 0.2) is 6.07 Å². The minimum absolute atomic E-state index is 0. The minimum Gasteiger partial charge on any atom is -0.346 e. The summed E-state index contributed by atoms with van der Waals surface area (Å²) >= 11 is 0. The molecule has 0 aliphatic rings. The van der Waals surface area contributed by atoms with Crippen LogP contribution in [0.4, 0.5) is 8.78 Å². The van der Waals surface area contributed by atoms with Gasteiger partial charge in [0.2, 0.25) is 0 Å². The van der Waals surface area contributed by atoms with E-state index in [4.69, 9.17) is 5.73 Å². The number of aryl methyl sites for hydroxylation is 1. The Labute approximate surface area is 176 Å². The molecule has 160 valence electrons. The van der Waals surface area contributed by atoms with Crippen LogP contribution in [0.25, 0.3) is 11.0 Å². The Kier molecular flexibility index (Phi) is 8.82. The highest BCUT2D eigenvalue weighted by Crippen LogP contribution is 2.29. The van der Waals surface area contributed by atoms with E-state index < -0.39 is 24.9 Å². The van der Waals surface area contributed by atoms with Gasteiger partial charge in [0.15, 0.2) is 5.65 Å². The van der Waals surface area contributed by atoms with E-state index in [2.05, 4.69) is 15.4 Å². The molecule has 0 spiro atoms. The van der Waals surface area contributed by atoms with Crippen molar-refractivity contribution in [2.24, 2.45) is 5.73 Å². The van der Waals surface area contributed by atoms with Crippen molar-refractivity contribution in [2.75, 3.05) is 13.1 Å². The zero-order valence-corrected chi connectivity index (χ0v) is 18.6. The number of hydrogen-bond acceptors (Lipinski definition) is 4. The summed E-state index contributed by atoms with van der Waals surface area (Å²) in [7, 11) is 0. The number of carbonyl (C=O) groups is 1. The molecule has 0 aliphatic carbocycles. The fraction of sp³-hybridized carbons (Fsp3) is 0.611. The number of pyridine rings is 1. The maximum absolute atomic E-state index is 13.4. The monoisotopic (exact) mass is 439 g/mol. The second-order valence-corrected chi connectivity index (χ2v) is 7.86. The number of hydrogen-bond donors (Lipinski definition) is 2. The Morgan fingerprint density at radius 2 is 1.86 bits per heavy atom. The Balaban J connectivity index is 0.00000364. The molecule has 10 heteroatoms. The summed E-state index contributed by atoms with van der Waals surface area (Å²) in [6, 6.07) is 1.66. The molecule has 0 unspecified atom stereocenters. The van der Waals surface area contributed by atoms with E-state index in [1.165, 1.54) is 0 Å². The zero-order chi connectivity index (χ0) is 19.9. The zero-order valence-electron chi connectivity index (χ0n) is 17.0. The fourth-order valence-electron chi connectivity index (χ4n) is 2.63. The number of alkyl halides is 2. The largest absolute Gasteiger partial charge is 0.346 e. The van der Waals surface area contributed by atoms with Crippen LogP contribution in [0.2, 0.25) is 0 Å². The van der Waals surface area contributed by atoms with Gasteiger partial charge in [-0.2, -0.15) is 5.10 Å². The SMILES string of the molecule is Cc1nn(C(C)(C)C)c2nc(C(C)C)cc(C(=O)NCC(F)(F)CN)c12.Cl.Cl. The van der Waals surface area contributed by atoms with Gasteiger partial charge >= 0.3 is 0 Å². The number of fused-ring (bicyclic) bond motifs is 1. The van der Waals surface area contributed by atoms with Crippen molar-refractivity contribution < 1.29 is 13.6 Å². The first-order chi connectivity index (χ1) is 11.9. The first-order valence-electron chi connectivity index (χ1n) is 8.64. The Morgan fingerprint density at radius 1 is 1.29 bits per heavy atom. The molecule has 1 amide bonds. The van der Waals surface area contributed by atoms with Gasteiger partial charge in [-0.05, 0) is 39.7 Å². The highest BCUT2D eigenvalue weighted by Gasteiger charge is 2.29. The van der Waals surface area contributed by atoms with Gasteiger partial charge in [0.05, 0.1) is 35.3 Å². The normalized spacial score (nSPS) is 11.9. The second kappa shape index (κ2) is 9.33. The van der Waals surface area contributed by atoms with E-state index in [1.54, 1.807) is 17.7 Å². The summed E-state index contributed by atoms with van der Waals surface area (Å²) in [4.78, 5) is 17.3. The number of rotatable bonds is 5. The number of aromatic nitrogens is 3. The highest BCUT2D eigenvalue weighted by atomic mass is 35.5. The van der Waals surface area contributed by atoms with Crippen LogP contribution in [0.5, 0.6) is 0 Å². The molecule has 0 aromatic carbocycles. The predicted molar refractivity (Wildman–Crippen MR) is 112 cm³/mol. The van der Waals surface area contributed by atoms with Crippen molar-refractivity contribution in [1.29, 1.82) is 0 Å². The van der Waals surface area contributed by atoms with Crippen molar-refractivity contribution >= 4 is 41.8 Å².